The van der Waals surface area contributed by atoms with Crippen LogP contribution in [0.25, 0.3) is 0 Å². The Balaban J connectivity index is 2.30. The van der Waals surface area contributed by atoms with Crippen molar-refractivity contribution in [2.75, 3.05) is 19.6 Å². The van der Waals surface area contributed by atoms with Gasteiger partial charge in [0.15, 0.2) is 0 Å². The molecule has 0 saturated carbocycles. The van der Waals surface area contributed by atoms with E-state index in [1.165, 1.54) is 0 Å². The third-order valence-corrected chi connectivity index (χ3v) is 3.61. The van der Waals surface area contributed by atoms with Crippen molar-refractivity contribution < 1.29 is 19.1 Å². The van der Waals surface area contributed by atoms with Gasteiger partial charge in [0.1, 0.15) is 12.1 Å². The monoisotopic (exact) mass is 353 g/mol. The topological polar surface area (TPSA) is 87.7 Å². The lowest BCUT2D eigenvalue weighted by molar-refractivity contribution is -0.131. The van der Waals surface area contributed by atoms with Crippen LogP contribution < -0.4 is 10.6 Å². The Kier molecular flexibility index (Phi) is 7.93. The Morgan fingerprint density at radius 1 is 1.20 bits per heavy atom. The SMILES string of the molecule is CC(C)/C=C/C(=O)NC1CCN(C(=O)CNC(=O)OC(C)(C)C)CC1. The first-order valence-corrected chi connectivity index (χ1v) is 8.80. The van der Waals surface area contributed by atoms with Gasteiger partial charge in [0.25, 0.3) is 0 Å². The molecule has 1 fully saturated rings. The molecule has 1 rings (SSSR count). The summed E-state index contributed by atoms with van der Waals surface area (Å²) in [4.78, 5) is 37.2. The standard InChI is InChI=1S/C18H31N3O4/c1-13(2)6-7-15(22)20-14-8-10-21(11-9-14)16(23)12-19-17(24)25-18(3,4)5/h6-7,13-14H,8-12H2,1-5H3,(H,19,24)(H,20,22)/b7-6+. The fourth-order valence-corrected chi connectivity index (χ4v) is 2.38. The van der Waals surface area contributed by atoms with Crippen LogP contribution in [0.2, 0.25) is 0 Å². The summed E-state index contributed by atoms with van der Waals surface area (Å²) in [5.41, 5.74) is -0.590. The molecule has 7 heteroatoms. The summed E-state index contributed by atoms with van der Waals surface area (Å²) in [5, 5.41) is 5.43. The molecule has 142 valence electrons. The molecule has 1 heterocycles. The third kappa shape index (κ3) is 9.12. The summed E-state index contributed by atoms with van der Waals surface area (Å²) < 4.78 is 5.10. The highest BCUT2D eigenvalue weighted by molar-refractivity contribution is 5.87. The van der Waals surface area contributed by atoms with E-state index in [1.807, 2.05) is 19.9 Å². The van der Waals surface area contributed by atoms with Crippen LogP contribution in [0.5, 0.6) is 0 Å². The van der Waals surface area contributed by atoms with Crippen LogP contribution in [-0.2, 0) is 14.3 Å². The molecule has 0 aromatic carbocycles. The number of carbonyl (C=O) groups is 3. The molecule has 1 aliphatic heterocycles. The van der Waals surface area contributed by atoms with E-state index in [9.17, 15) is 14.4 Å². The number of hydrogen-bond acceptors (Lipinski definition) is 4. The molecule has 1 aliphatic rings. The Morgan fingerprint density at radius 3 is 2.32 bits per heavy atom. The van der Waals surface area contributed by atoms with E-state index < -0.39 is 11.7 Å². The first-order valence-electron chi connectivity index (χ1n) is 8.80. The number of rotatable bonds is 5. The molecule has 1 saturated heterocycles. The zero-order chi connectivity index (χ0) is 19.0. The van der Waals surface area contributed by atoms with Gasteiger partial charge in [-0.1, -0.05) is 19.9 Å². The molecule has 0 aliphatic carbocycles. The van der Waals surface area contributed by atoms with Gasteiger partial charge < -0.3 is 20.3 Å². The lowest BCUT2D eigenvalue weighted by Gasteiger charge is -2.32. The second kappa shape index (κ2) is 9.44. The van der Waals surface area contributed by atoms with E-state index in [0.29, 0.717) is 31.8 Å². The van der Waals surface area contributed by atoms with Gasteiger partial charge in [-0.3, -0.25) is 9.59 Å². The van der Waals surface area contributed by atoms with E-state index in [4.69, 9.17) is 4.74 Å². The van der Waals surface area contributed by atoms with Crippen molar-refractivity contribution in [2.24, 2.45) is 5.92 Å². The smallest absolute Gasteiger partial charge is 0.408 e. The van der Waals surface area contributed by atoms with Crippen LogP contribution in [0.4, 0.5) is 4.79 Å². The molecule has 0 atom stereocenters. The number of piperidine rings is 1. The van der Waals surface area contributed by atoms with E-state index >= 15 is 0 Å². The van der Waals surface area contributed by atoms with Crippen LogP contribution in [-0.4, -0.2) is 54.1 Å². The normalized spacial score (nSPS) is 16.2. The highest BCUT2D eigenvalue weighted by atomic mass is 16.6. The second-order valence-corrected chi connectivity index (χ2v) is 7.62. The van der Waals surface area contributed by atoms with Crippen LogP contribution in [0.15, 0.2) is 12.2 Å². The third-order valence-electron chi connectivity index (χ3n) is 3.61. The first-order chi connectivity index (χ1) is 11.6. The van der Waals surface area contributed by atoms with Crippen LogP contribution in [0, 0.1) is 5.92 Å². The molecule has 0 unspecified atom stereocenters. The van der Waals surface area contributed by atoms with Gasteiger partial charge in [-0.15, -0.1) is 0 Å². The maximum Gasteiger partial charge on any atom is 0.408 e. The Labute approximate surface area is 150 Å². The largest absolute Gasteiger partial charge is 0.444 e. The van der Waals surface area contributed by atoms with Crippen molar-refractivity contribution >= 4 is 17.9 Å². The van der Waals surface area contributed by atoms with Gasteiger partial charge in [0.05, 0.1) is 0 Å². The summed E-state index contributed by atoms with van der Waals surface area (Å²) >= 11 is 0. The lowest BCUT2D eigenvalue weighted by Crippen LogP contribution is -2.49. The summed E-state index contributed by atoms with van der Waals surface area (Å²) in [6.07, 6.45) is 4.24. The lowest BCUT2D eigenvalue weighted by atomic mass is 10.0. The van der Waals surface area contributed by atoms with Crippen molar-refractivity contribution in [1.29, 1.82) is 0 Å². The molecule has 0 radical (unpaired) electrons. The van der Waals surface area contributed by atoms with Crippen molar-refractivity contribution in [3.63, 3.8) is 0 Å². The first kappa shape index (κ1) is 21.0. The predicted octanol–water partition coefficient (Wildman–Crippen LogP) is 1.83. The zero-order valence-corrected chi connectivity index (χ0v) is 15.9. The molecule has 0 aromatic heterocycles. The Hall–Kier alpha value is -2.05. The van der Waals surface area contributed by atoms with E-state index in [-0.39, 0.29) is 24.4 Å². The average Bonchev–Trinajstić information content (AvgIpc) is 2.49. The predicted molar refractivity (Wildman–Crippen MR) is 96.0 cm³/mol. The maximum absolute atomic E-state index is 12.1. The minimum atomic E-state index is -0.597. The quantitative estimate of drug-likeness (QED) is 0.738. The summed E-state index contributed by atoms with van der Waals surface area (Å²) in [5.74, 6) is 0.100. The Morgan fingerprint density at radius 2 is 1.80 bits per heavy atom. The number of amides is 3. The van der Waals surface area contributed by atoms with Crippen LogP contribution >= 0.6 is 0 Å². The van der Waals surface area contributed by atoms with Gasteiger partial charge in [-0.2, -0.15) is 0 Å². The highest BCUT2D eigenvalue weighted by Crippen LogP contribution is 2.11. The van der Waals surface area contributed by atoms with E-state index in [0.717, 1.165) is 0 Å². The molecule has 25 heavy (non-hydrogen) atoms. The highest BCUT2D eigenvalue weighted by Gasteiger charge is 2.24. The molecular formula is C18H31N3O4. The average molecular weight is 353 g/mol. The molecule has 0 aromatic rings. The number of alkyl carbamates (subject to hydrolysis) is 1. The van der Waals surface area contributed by atoms with Crippen molar-refractivity contribution in [3.8, 4) is 0 Å². The number of carbonyl (C=O) groups excluding carboxylic acids is 3. The molecule has 2 N–H and O–H groups in total. The van der Waals surface area contributed by atoms with Gasteiger partial charge in [0.2, 0.25) is 11.8 Å². The van der Waals surface area contributed by atoms with Crippen molar-refractivity contribution in [1.82, 2.24) is 15.5 Å². The fourth-order valence-electron chi connectivity index (χ4n) is 2.38. The number of ether oxygens (including phenoxy) is 1. The van der Waals surface area contributed by atoms with Crippen molar-refractivity contribution in [2.45, 2.75) is 59.1 Å². The van der Waals surface area contributed by atoms with Gasteiger partial charge in [-0.05, 0) is 45.6 Å². The minimum absolute atomic E-state index is 0.0761. The van der Waals surface area contributed by atoms with Crippen LogP contribution in [0.3, 0.4) is 0 Å². The minimum Gasteiger partial charge on any atom is -0.444 e. The Bertz CT molecular complexity index is 501. The summed E-state index contributed by atoms with van der Waals surface area (Å²) in [6, 6.07) is 0.0761. The molecule has 0 bridgehead atoms. The molecule has 0 spiro atoms. The zero-order valence-electron chi connectivity index (χ0n) is 15.9. The molecular weight excluding hydrogens is 322 g/mol. The van der Waals surface area contributed by atoms with Crippen molar-refractivity contribution in [3.05, 3.63) is 12.2 Å². The summed E-state index contributed by atoms with van der Waals surface area (Å²) in [6.45, 7) is 10.4. The van der Waals surface area contributed by atoms with E-state index in [1.54, 1.807) is 31.7 Å². The molecule has 3 amide bonds. The number of nitrogens with one attached hydrogen (secondary N) is 2. The van der Waals surface area contributed by atoms with E-state index in [2.05, 4.69) is 10.6 Å². The second-order valence-electron chi connectivity index (χ2n) is 7.62. The van der Waals surface area contributed by atoms with Gasteiger partial charge in [0, 0.05) is 19.1 Å². The number of nitrogens with zero attached hydrogens (tertiary/aromatic N) is 1. The fraction of sp³-hybridized carbons (Fsp3) is 0.722. The number of hydrogen-bond donors (Lipinski definition) is 2. The summed E-state index contributed by atoms with van der Waals surface area (Å²) in [7, 11) is 0. The maximum atomic E-state index is 12.1. The van der Waals surface area contributed by atoms with Crippen LogP contribution in [0.1, 0.15) is 47.5 Å². The number of likely N-dealkylation sites (tertiary alicyclic amines) is 1. The van der Waals surface area contributed by atoms with Gasteiger partial charge in [-0.25, -0.2) is 4.79 Å². The van der Waals surface area contributed by atoms with Gasteiger partial charge >= 0.3 is 6.09 Å². The number of allylic oxidation sites excluding steroid dienone is 1. The molecule has 7 nitrogen and oxygen atoms in total.